The van der Waals surface area contributed by atoms with Gasteiger partial charge in [0.25, 0.3) is 5.91 Å². The predicted molar refractivity (Wildman–Crippen MR) is 97.5 cm³/mol. The summed E-state index contributed by atoms with van der Waals surface area (Å²) in [5, 5.41) is 3.53. The number of carbonyl (C=O) groups is 1. The van der Waals surface area contributed by atoms with E-state index in [1.54, 1.807) is 19.5 Å². The van der Waals surface area contributed by atoms with Crippen molar-refractivity contribution in [3.63, 3.8) is 0 Å². The van der Waals surface area contributed by atoms with Crippen LogP contribution in [-0.4, -0.2) is 42.0 Å². The van der Waals surface area contributed by atoms with Crippen LogP contribution >= 0.6 is 15.9 Å². The van der Waals surface area contributed by atoms with Gasteiger partial charge in [0.1, 0.15) is 5.75 Å². The van der Waals surface area contributed by atoms with Crippen LogP contribution in [0.25, 0.3) is 0 Å². The van der Waals surface area contributed by atoms with E-state index in [4.69, 9.17) is 4.74 Å². The molecule has 1 N–H and O–H groups in total. The summed E-state index contributed by atoms with van der Waals surface area (Å²) >= 11 is 3.36. The Bertz CT molecular complexity index is 715. The molecule has 1 fully saturated rings. The standard InChI is InChI=1S/C18H20BrN3O2/c1-24-17-4-2-3-16(10-17)21-15-5-7-22(8-6-15)18(23)13-9-14(19)12-20-11-13/h2-4,9-12,15,21H,5-8H2,1H3. The second kappa shape index (κ2) is 7.66. The Morgan fingerprint density at radius 3 is 2.79 bits per heavy atom. The van der Waals surface area contributed by atoms with Gasteiger partial charge < -0.3 is 15.0 Å². The zero-order valence-corrected chi connectivity index (χ0v) is 15.1. The lowest BCUT2D eigenvalue weighted by atomic mass is 10.0. The number of piperidine rings is 1. The summed E-state index contributed by atoms with van der Waals surface area (Å²) < 4.78 is 6.07. The number of hydrogen-bond donors (Lipinski definition) is 1. The van der Waals surface area contributed by atoms with Crippen molar-refractivity contribution in [1.29, 1.82) is 0 Å². The predicted octanol–water partition coefficient (Wildman–Crippen LogP) is 3.57. The largest absolute Gasteiger partial charge is 0.497 e. The van der Waals surface area contributed by atoms with Crippen LogP contribution in [0, 0.1) is 0 Å². The summed E-state index contributed by atoms with van der Waals surface area (Å²) in [4.78, 5) is 18.5. The Morgan fingerprint density at radius 2 is 2.08 bits per heavy atom. The molecule has 3 rings (SSSR count). The molecule has 0 atom stereocenters. The zero-order valence-electron chi connectivity index (χ0n) is 13.5. The van der Waals surface area contributed by atoms with E-state index < -0.39 is 0 Å². The number of aromatic nitrogens is 1. The lowest BCUT2D eigenvalue weighted by Gasteiger charge is -2.33. The molecular weight excluding hydrogens is 370 g/mol. The quantitative estimate of drug-likeness (QED) is 0.868. The van der Waals surface area contributed by atoms with Gasteiger partial charge in [-0.25, -0.2) is 0 Å². The van der Waals surface area contributed by atoms with Crippen molar-refractivity contribution in [3.8, 4) is 5.75 Å². The number of nitrogens with one attached hydrogen (secondary N) is 1. The van der Waals surface area contributed by atoms with Gasteiger partial charge in [-0.2, -0.15) is 0 Å². The maximum absolute atomic E-state index is 12.5. The Hall–Kier alpha value is -2.08. The number of rotatable bonds is 4. The minimum absolute atomic E-state index is 0.0450. The summed E-state index contributed by atoms with van der Waals surface area (Å²) in [7, 11) is 1.67. The van der Waals surface area contributed by atoms with Gasteiger partial charge in [0.05, 0.1) is 12.7 Å². The minimum Gasteiger partial charge on any atom is -0.497 e. The fraction of sp³-hybridized carbons (Fsp3) is 0.333. The van der Waals surface area contributed by atoms with E-state index in [9.17, 15) is 4.79 Å². The summed E-state index contributed by atoms with van der Waals surface area (Å²) in [6.07, 6.45) is 5.14. The summed E-state index contributed by atoms with van der Waals surface area (Å²) in [5.74, 6) is 0.887. The zero-order chi connectivity index (χ0) is 16.9. The van der Waals surface area contributed by atoms with Crippen LogP contribution in [0.2, 0.25) is 0 Å². The number of carbonyl (C=O) groups excluding carboxylic acids is 1. The normalized spacial score (nSPS) is 15.2. The Kier molecular flexibility index (Phi) is 5.35. The Labute approximate surface area is 150 Å². The average molecular weight is 390 g/mol. The van der Waals surface area contributed by atoms with Crippen molar-refractivity contribution in [1.82, 2.24) is 9.88 Å². The first kappa shape index (κ1) is 16.8. The number of nitrogens with zero attached hydrogens (tertiary/aromatic N) is 2. The molecule has 1 amide bonds. The highest BCUT2D eigenvalue weighted by Gasteiger charge is 2.23. The van der Waals surface area contributed by atoms with Crippen molar-refractivity contribution in [2.45, 2.75) is 18.9 Å². The fourth-order valence-electron chi connectivity index (χ4n) is 2.89. The molecule has 0 bridgehead atoms. The van der Waals surface area contributed by atoms with E-state index >= 15 is 0 Å². The maximum atomic E-state index is 12.5. The number of benzene rings is 1. The number of ether oxygens (including phenoxy) is 1. The van der Waals surface area contributed by atoms with Crippen molar-refractivity contribution in [3.05, 3.63) is 52.8 Å². The summed E-state index contributed by atoms with van der Waals surface area (Å²) in [5.41, 5.74) is 1.68. The molecule has 1 aliphatic heterocycles. The molecule has 126 valence electrons. The van der Waals surface area contributed by atoms with E-state index in [-0.39, 0.29) is 5.91 Å². The second-order valence-corrected chi connectivity index (χ2v) is 6.75. The molecule has 1 aromatic heterocycles. The molecule has 1 aliphatic rings. The third-order valence-electron chi connectivity index (χ3n) is 4.17. The van der Waals surface area contributed by atoms with Crippen LogP contribution in [-0.2, 0) is 0 Å². The minimum atomic E-state index is 0.0450. The van der Waals surface area contributed by atoms with Gasteiger partial charge in [-0.15, -0.1) is 0 Å². The molecule has 2 heterocycles. The van der Waals surface area contributed by atoms with Gasteiger partial charge in [-0.1, -0.05) is 6.07 Å². The first-order chi connectivity index (χ1) is 11.7. The summed E-state index contributed by atoms with van der Waals surface area (Å²) in [6, 6.07) is 10.1. The van der Waals surface area contributed by atoms with Crippen molar-refractivity contribution < 1.29 is 9.53 Å². The molecule has 0 unspecified atom stereocenters. The Balaban J connectivity index is 1.56. The molecular formula is C18H20BrN3O2. The van der Waals surface area contributed by atoms with Crippen LogP contribution in [0.5, 0.6) is 5.75 Å². The molecule has 0 aliphatic carbocycles. The fourth-order valence-corrected chi connectivity index (χ4v) is 3.25. The average Bonchev–Trinajstić information content (AvgIpc) is 2.62. The lowest BCUT2D eigenvalue weighted by Crippen LogP contribution is -2.42. The third-order valence-corrected chi connectivity index (χ3v) is 4.61. The maximum Gasteiger partial charge on any atom is 0.255 e. The van der Waals surface area contributed by atoms with Crippen LogP contribution in [0.1, 0.15) is 23.2 Å². The number of hydrogen-bond acceptors (Lipinski definition) is 4. The highest BCUT2D eigenvalue weighted by molar-refractivity contribution is 9.10. The van der Waals surface area contributed by atoms with Gasteiger partial charge >= 0.3 is 0 Å². The topological polar surface area (TPSA) is 54.5 Å². The molecule has 1 aromatic carbocycles. The lowest BCUT2D eigenvalue weighted by molar-refractivity contribution is 0.0718. The number of anilines is 1. The molecule has 0 saturated carbocycles. The molecule has 2 aromatic rings. The number of amides is 1. The summed E-state index contributed by atoms with van der Waals surface area (Å²) in [6.45, 7) is 1.49. The van der Waals surface area contributed by atoms with Gasteiger partial charge in [0.2, 0.25) is 0 Å². The smallest absolute Gasteiger partial charge is 0.255 e. The van der Waals surface area contributed by atoms with Crippen LogP contribution in [0.3, 0.4) is 0 Å². The van der Waals surface area contributed by atoms with E-state index in [1.165, 1.54) is 0 Å². The van der Waals surface area contributed by atoms with Crippen molar-refractivity contribution in [2.24, 2.45) is 0 Å². The van der Waals surface area contributed by atoms with Gasteiger partial charge in [-0.05, 0) is 47.0 Å². The third kappa shape index (κ3) is 4.06. The van der Waals surface area contributed by atoms with Gasteiger partial charge in [-0.3, -0.25) is 9.78 Å². The molecule has 0 radical (unpaired) electrons. The molecule has 0 spiro atoms. The number of halogens is 1. The second-order valence-electron chi connectivity index (χ2n) is 5.83. The molecule has 24 heavy (non-hydrogen) atoms. The molecule has 1 saturated heterocycles. The number of pyridine rings is 1. The number of likely N-dealkylation sites (tertiary alicyclic amines) is 1. The highest BCUT2D eigenvalue weighted by Crippen LogP contribution is 2.22. The highest BCUT2D eigenvalue weighted by atomic mass is 79.9. The van der Waals surface area contributed by atoms with Gasteiger partial charge in [0.15, 0.2) is 0 Å². The number of methoxy groups -OCH3 is 1. The van der Waals surface area contributed by atoms with Crippen LogP contribution < -0.4 is 10.1 Å². The van der Waals surface area contributed by atoms with Crippen molar-refractivity contribution in [2.75, 3.05) is 25.5 Å². The monoisotopic (exact) mass is 389 g/mol. The van der Waals surface area contributed by atoms with Crippen molar-refractivity contribution >= 4 is 27.5 Å². The van der Waals surface area contributed by atoms with Crippen LogP contribution in [0.15, 0.2) is 47.2 Å². The van der Waals surface area contributed by atoms with Gasteiger partial charge in [0, 0.05) is 47.8 Å². The molecule has 6 heteroatoms. The SMILES string of the molecule is COc1cccc(NC2CCN(C(=O)c3cncc(Br)c3)CC2)c1. The van der Waals surface area contributed by atoms with Crippen LogP contribution in [0.4, 0.5) is 5.69 Å². The van der Waals surface area contributed by atoms with E-state index in [0.717, 1.165) is 41.8 Å². The first-order valence-corrected chi connectivity index (χ1v) is 8.75. The first-order valence-electron chi connectivity index (χ1n) is 7.96. The Morgan fingerprint density at radius 1 is 1.29 bits per heavy atom. The van der Waals surface area contributed by atoms with E-state index in [2.05, 4.69) is 26.2 Å². The van der Waals surface area contributed by atoms with E-state index in [1.807, 2.05) is 35.2 Å². The molecule has 5 nitrogen and oxygen atoms in total. The van der Waals surface area contributed by atoms with E-state index in [0.29, 0.717) is 11.6 Å².